The zero-order chi connectivity index (χ0) is 25.0. The van der Waals surface area contributed by atoms with Crippen LogP contribution in [0.5, 0.6) is 0 Å². The molecule has 4 nitrogen and oxygen atoms in total. The van der Waals surface area contributed by atoms with Crippen LogP contribution >= 0.6 is 0 Å². The number of rotatable bonds is 7. The van der Waals surface area contributed by atoms with Gasteiger partial charge in [0.2, 0.25) is 0 Å². The first-order chi connectivity index (χ1) is 18.2. The average molecular weight is 497 g/mol. The fraction of sp³-hybridized carbons (Fsp3) is 0.406. The molecule has 1 N–H and O–H groups in total. The second-order valence-corrected chi connectivity index (χ2v) is 10.9. The van der Waals surface area contributed by atoms with Crippen molar-refractivity contribution in [2.75, 3.05) is 32.7 Å². The van der Waals surface area contributed by atoms with Crippen molar-refractivity contribution in [1.29, 1.82) is 0 Å². The number of halogens is 1. The molecule has 0 saturated carbocycles. The van der Waals surface area contributed by atoms with E-state index in [-0.39, 0.29) is 5.82 Å². The number of hydrogen-bond donors (Lipinski definition) is 1. The summed E-state index contributed by atoms with van der Waals surface area (Å²) in [6, 6.07) is 22.1. The SMILES string of the molecule is Fc1ccc2nc(-c3ccc(-c4cccc(CN5CCC(CCN6CCCCC6)CC5)c4)cc3)[nH]c2c1. The van der Waals surface area contributed by atoms with Crippen molar-refractivity contribution in [2.24, 2.45) is 5.92 Å². The lowest BCUT2D eigenvalue weighted by Crippen LogP contribution is -2.36. The summed E-state index contributed by atoms with van der Waals surface area (Å²) in [7, 11) is 0. The van der Waals surface area contributed by atoms with Gasteiger partial charge < -0.3 is 9.88 Å². The molecule has 0 unspecified atom stereocenters. The van der Waals surface area contributed by atoms with Crippen molar-refractivity contribution in [1.82, 2.24) is 19.8 Å². The molecule has 2 aliphatic heterocycles. The minimum Gasteiger partial charge on any atom is -0.338 e. The number of H-pyrrole nitrogens is 1. The zero-order valence-corrected chi connectivity index (χ0v) is 21.6. The zero-order valence-electron chi connectivity index (χ0n) is 21.6. The Morgan fingerprint density at radius 1 is 0.784 bits per heavy atom. The second-order valence-electron chi connectivity index (χ2n) is 10.9. The van der Waals surface area contributed by atoms with Gasteiger partial charge in [0, 0.05) is 12.1 Å². The van der Waals surface area contributed by atoms with Crippen molar-refractivity contribution < 1.29 is 4.39 Å². The van der Waals surface area contributed by atoms with Crippen LogP contribution in [0.15, 0.2) is 66.7 Å². The van der Waals surface area contributed by atoms with Crippen LogP contribution in [0.1, 0.15) is 44.1 Å². The van der Waals surface area contributed by atoms with Crippen LogP contribution in [-0.2, 0) is 6.54 Å². The van der Waals surface area contributed by atoms with E-state index < -0.39 is 0 Å². The van der Waals surface area contributed by atoms with Crippen LogP contribution < -0.4 is 0 Å². The Morgan fingerprint density at radius 3 is 2.38 bits per heavy atom. The number of fused-ring (bicyclic) bond motifs is 1. The molecule has 3 aromatic carbocycles. The highest BCUT2D eigenvalue weighted by atomic mass is 19.1. The maximum absolute atomic E-state index is 13.5. The molecule has 6 rings (SSSR count). The minimum absolute atomic E-state index is 0.254. The van der Waals surface area contributed by atoms with Crippen LogP contribution in [0, 0.1) is 11.7 Å². The smallest absolute Gasteiger partial charge is 0.138 e. The van der Waals surface area contributed by atoms with Crippen molar-refractivity contribution in [3.8, 4) is 22.5 Å². The van der Waals surface area contributed by atoms with Gasteiger partial charge >= 0.3 is 0 Å². The molecule has 192 valence electrons. The molecule has 3 heterocycles. The lowest BCUT2D eigenvalue weighted by molar-refractivity contribution is 0.151. The summed E-state index contributed by atoms with van der Waals surface area (Å²) in [5.41, 5.74) is 6.32. The van der Waals surface area contributed by atoms with Gasteiger partial charge in [-0.1, -0.05) is 48.9 Å². The number of aromatic amines is 1. The maximum atomic E-state index is 13.5. The molecule has 1 aromatic heterocycles. The summed E-state index contributed by atoms with van der Waals surface area (Å²) in [6.07, 6.45) is 8.26. The van der Waals surface area contributed by atoms with Gasteiger partial charge in [0.05, 0.1) is 11.0 Å². The first-order valence-electron chi connectivity index (χ1n) is 14.0. The fourth-order valence-electron chi connectivity index (χ4n) is 6.03. The predicted octanol–water partition coefficient (Wildman–Crippen LogP) is 7.12. The Kier molecular flexibility index (Phi) is 7.34. The Hall–Kier alpha value is -3.02. The molecule has 0 bridgehead atoms. The van der Waals surface area contributed by atoms with Gasteiger partial charge in [-0.15, -0.1) is 0 Å². The number of nitrogens with one attached hydrogen (secondary N) is 1. The van der Waals surface area contributed by atoms with Gasteiger partial charge in [0.15, 0.2) is 0 Å². The molecule has 0 aliphatic carbocycles. The van der Waals surface area contributed by atoms with Gasteiger partial charge in [0.1, 0.15) is 11.6 Å². The lowest BCUT2D eigenvalue weighted by atomic mass is 9.92. The number of aromatic nitrogens is 2. The Balaban J connectivity index is 1.05. The Labute approximate surface area is 219 Å². The number of piperidine rings is 2. The molecule has 2 aliphatic rings. The van der Waals surface area contributed by atoms with E-state index in [0.29, 0.717) is 0 Å². The van der Waals surface area contributed by atoms with E-state index >= 15 is 0 Å². The Morgan fingerprint density at radius 2 is 1.57 bits per heavy atom. The lowest BCUT2D eigenvalue weighted by Gasteiger charge is -2.34. The van der Waals surface area contributed by atoms with Crippen LogP contribution in [-0.4, -0.2) is 52.5 Å². The average Bonchev–Trinajstić information content (AvgIpc) is 3.37. The highest BCUT2D eigenvalue weighted by Gasteiger charge is 2.20. The summed E-state index contributed by atoms with van der Waals surface area (Å²) in [4.78, 5) is 13.2. The van der Waals surface area contributed by atoms with Crippen molar-refractivity contribution in [2.45, 2.75) is 45.1 Å². The highest BCUT2D eigenvalue weighted by molar-refractivity contribution is 5.80. The van der Waals surface area contributed by atoms with Gasteiger partial charge in [-0.2, -0.15) is 0 Å². The number of imidazole rings is 1. The van der Waals surface area contributed by atoms with Gasteiger partial charge in [-0.25, -0.2) is 9.37 Å². The normalized spacial score (nSPS) is 18.0. The highest BCUT2D eigenvalue weighted by Crippen LogP contribution is 2.27. The van der Waals surface area contributed by atoms with E-state index in [9.17, 15) is 4.39 Å². The molecule has 2 fully saturated rings. The third-order valence-corrected chi connectivity index (χ3v) is 8.28. The molecule has 2 saturated heterocycles. The molecule has 0 spiro atoms. The first-order valence-corrected chi connectivity index (χ1v) is 14.0. The first kappa shape index (κ1) is 24.3. The molecule has 37 heavy (non-hydrogen) atoms. The molecular weight excluding hydrogens is 459 g/mol. The van der Waals surface area contributed by atoms with E-state index in [4.69, 9.17) is 0 Å². The molecule has 4 aromatic rings. The third kappa shape index (κ3) is 5.94. The van der Waals surface area contributed by atoms with Gasteiger partial charge in [0.25, 0.3) is 0 Å². The van der Waals surface area contributed by atoms with E-state index in [2.05, 4.69) is 68.3 Å². The predicted molar refractivity (Wildman–Crippen MR) is 150 cm³/mol. The molecule has 0 radical (unpaired) electrons. The largest absolute Gasteiger partial charge is 0.338 e. The fourth-order valence-corrected chi connectivity index (χ4v) is 6.03. The maximum Gasteiger partial charge on any atom is 0.138 e. The Bertz CT molecular complexity index is 1310. The second kappa shape index (κ2) is 11.2. The number of nitrogens with zero attached hydrogens (tertiary/aromatic N) is 3. The third-order valence-electron chi connectivity index (χ3n) is 8.28. The van der Waals surface area contributed by atoms with E-state index in [0.717, 1.165) is 34.9 Å². The number of benzene rings is 3. The van der Waals surface area contributed by atoms with Crippen molar-refractivity contribution >= 4 is 11.0 Å². The van der Waals surface area contributed by atoms with Crippen LogP contribution in [0.4, 0.5) is 4.39 Å². The van der Waals surface area contributed by atoms with Crippen LogP contribution in [0.3, 0.4) is 0 Å². The molecule has 0 atom stereocenters. The van der Waals surface area contributed by atoms with Crippen molar-refractivity contribution in [3.05, 3.63) is 78.1 Å². The molecule has 0 amide bonds. The minimum atomic E-state index is -0.254. The van der Waals surface area contributed by atoms with E-state index in [1.807, 2.05) is 0 Å². The van der Waals surface area contributed by atoms with Crippen LogP contribution in [0.25, 0.3) is 33.5 Å². The molecular formula is C32H37FN4. The monoisotopic (exact) mass is 496 g/mol. The van der Waals surface area contributed by atoms with E-state index in [1.54, 1.807) is 6.07 Å². The molecule has 5 heteroatoms. The summed E-state index contributed by atoms with van der Waals surface area (Å²) < 4.78 is 13.5. The number of likely N-dealkylation sites (tertiary alicyclic amines) is 2. The topological polar surface area (TPSA) is 35.2 Å². The quantitative estimate of drug-likeness (QED) is 0.296. The standard InChI is InChI=1S/C32H37FN4/c33-29-11-12-30-31(22-29)35-32(34-30)27-9-7-26(8-10-27)28-6-4-5-25(21-28)23-37-19-14-24(15-20-37)13-18-36-16-2-1-3-17-36/h4-12,21-22,24H,1-3,13-20,23H2,(H,34,35). The number of hydrogen-bond acceptors (Lipinski definition) is 3. The summed E-state index contributed by atoms with van der Waals surface area (Å²) in [6.45, 7) is 7.40. The van der Waals surface area contributed by atoms with Gasteiger partial charge in [-0.05, 0) is 112 Å². The van der Waals surface area contributed by atoms with Crippen LogP contribution in [0.2, 0.25) is 0 Å². The summed E-state index contributed by atoms with van der Waals surface area (Å²) >= 11 is 0. The summed E-state index contributed by atoms with van der Waals surface area (Å²) in [5, 5.41) is 0. The van der Waals surface area contributed by atoms with E-state index in [1.165, 1.54) is 100 Å². The summed E-state index contributed by atoms with van der Waals surface area (Å²) in [5.74, 6) is 1.41. The van der Waals surface area contributed by atoms with Crippen molar-refractivity contribution in [3.63, 3.8) is 0 Å². The van der Waals surface area contributed by atoms with Gasteiger partial charge in [-0.3, -0.25) is 4.90 Å².